The number of rotatable bonds is 4. The summed E-state index contributed by atoms with van der Waals surface area (Å²) in [4.78, 5) is 13.0. The lowest BCUT2D eigenvalue weighted by atomic mass is 10.2. The highest BCUT2D eigenvalue weighted by Crippen LogP contribution is 2.36. The van der Waals surface area contributed by atoms with Gasteiger partial charge in [0.2, 0.25) is 5.88 Å². The Hall–Kier alpha value is -1.58. The zero-order valence-corrected chi connectivity index (χ0v) is 10.4. The molecule has 0 radical (unpaired) electrons. The summed E-state index contributed by atoms with van der Waals surface area (Å²) in [5.41, 5.74) is -0.892. The van der Waals surface area contributed by atoms with E-state index in [1.54, 1.807) is 0 Å². The van der Waals surface area contributed by atoms with E-state index < -0.39 is 22.9 Å². The van der Waals surface area contributed by atoms with Crippen LogP contribution in [0.15, 0.2) is 6.07 Å². The highest BCUT2D eigenvalue weighted by molar-refractivity contribution is 9.08. The number of aromatic nitrogens is 1. The maximum Gasteiger partial charge on any atom is 0.574 e. The Morgan fingerprint density at radius 1 is 1.56 bits per heavy atom. The Morgan fingerprint density at radius 3 is 2.56 bits per heavy atom. The summed E-state index contributed by atoms with van der Waals surface area (Å²) in [6.07, 6.45) is -5.08. The molecular formula is C8H6BrF3N2O4. The Morgan fingerprint density at radius 2 is 2.17 bits per heavy atom. The van der Waals surface area contributed by atoms with Crippen LogP contribution in [0.4, 0.5) is 18.9 Å². The van der Waals surface area contributed by atoms with Gasteiger partial charge in [-0.25, -0.2) is 0 Å². The summed E-state index contributed by atoms with van der Waals surface area (Å²) >= 11 is 2.93. The standard InChI is InChI=1S/C8H6BrF3N2O4/c1-17-5-2-4(3-9)6(14(15)16)7(13-5)18-8(10,11)12/h2H,3H2,1H3. The van der Waals surface area contributed by atoms with Crippen LogP contribution in [0.1, 0.15) is 5.56 Å². The topological polar surface area (TPSA) is 74.5 Å². The van der Waals surface area contributed by atoms with Gasteiger partial charge in [-0.05, 0) is 0 Å². The zero-order valence-electron chi connectivity index (χ0n) is 8.82. The van der Waals surface area contributed by atoms with Gasteiger partial charge in [0.25, 0.3) is 0 Å². The minimum absolute atomic E-state index is 0.0360. The van der Waals surface area contributed by atoms with Gasteiger partial charge in [-0.1, -0.05) is 15.9 Å². The lowest BCUT2D eigenvalue weighted by Gasteiger charge is -2.11. The van der Waals surface area contributed by atoms with E-state index in [4.69, 9.17) is 0 Å². The van der Waals surface area contributed by atoms with Gasteiger partial charge < -0.3 is 9.47 Å². The summed E-state index contributed by atoms with van der Waals surface area (Å²) < 4.78 is 44.5. The van der Waals surface area contributed by atoms with Crippen LogP contribution in [-0.4, -0.2) is 23.4 Å². The van der Waals surface area contributed by atoms with E-state index in [9.17, 15) is 23.3 Å². The summed E-state index contributed by atoms with van der Waals surface area (Å²) in [5, 5.41) is 10.7. The molecule has 0 N–H and O–H groups in total. The Labute approximate surface area is 107 Å². The van der Waals surface area contributed by atoms with Crippen molar-refractivity contribution in [3.05, 3.63) is 21.7 Å². The molecule has 1 aromatic rings. The molecular weight excluding hydrogens is 325 g/mol. The predicted molar refractivity (Wildman–Crippen MR) is 56.8 cm³/mol. The van der Waals surface area contributed by atoms with E-state index >= 15 is 0 Å². The molecule has 10 heteroatoms. The second-order valence-corrected chi connectivity index (χ2v) is 3.48. The van der Waals surface area contributed by atoms with Crippen LogP contribution in [-0.2, 0) is 5.33 Å². The van der Waals surface area contributed by atoms with Crippen LogP contribution in [0, 0.1) is 10.1 Å². The Kier molecular flexibility index (Phi) is 4.33. The highest BCUT2D eigenvalue weighted by Gasteiger charge is 2.37. The minimum atomic E-state index is -5.08. The quantitative estimate of drug-likeness (QED) is 0.482. The number of hydrogen-bond donors (Lipinski definition) is 0. The van der Waals surface area contributed by atoms with Crippen molar-refractivity contribution in [2.24, 2.45) is 0 Å². The van der Waals surface area contributed by atoms with E-state index in [2.05, 4.69) is 30.4 Å². The fourth-order valence-corrected chi connectivity index (χ4v) is 1.55. The van der Waals surface area contributed by atoms with Crippen LogP contribution in [0.25, 0.3) is 0 Å². The number of ether oxygens (including phenoxy) is 2. The summed E-state index contributed by atoms with van der Waals surface area (Å²) in [6.45, 7) is 0. The van der Waals surface area contributed by atoms with Crippen molar-refractivity contribution in [1.82, 2.24) is 4.98 Å². The Bertz CT molecular complexity index is 466. The number of methoxy groups -OCH3 is 1. The number of halogens is 4. The first kappa shape index (κ1) is 14.5. The van der Waals surface area contributed by atoms with E-state index in [1.807, 2.05) is 0 Å². The smallest absolute Gasteiger partial charge is 0.481 e. The molecule has 1 rings (SSSR count). The largest absolute Gasteiger partial charge is 0.574 e. The molecule has 0 amide bonds. The van der Waals surface area contributed by atoms with Crippen molar-refractivity contribution in [3.8, 4) is 11.8 Å². The summed E-state index contributed by atoms with van der Waals surface area (Å²) in [7, 11) is 1.17. The maximum atomic E-state index is 12.1. The Balaban J connectivity index is 3.39. The summed E-state index contributed by atoms with van der Waals surface area (Å²) in [6, 6.07) is 1.15. The fourth-order valence-electron chi connectivity index (χ4n) is 1.12. The minimum Gasteiger partial charge on any atom is -0.481 e. The maximum absolute atomic E-state index is 12.1. The normalized spacial score (nSPS) is 11.2. The molecule has 0 aliphatic rings. The van der Waals surface area contributed by atoms with Crippen LogP contribution < -0.4 is 9.47 Å². The molecule has 1 heterocycles. The molecule has 6 nitrogen and oxygen atoms in total. The van der Waals surface area contributed by atoms with Crippen LogP contribution in [0.2, 0.25) is 0 Å². The molecule has 100 valence electrons. The van der Waals surface area contributed by atoms with Crippen molar-refractivity contribution >= 4 is 21.6 Å². The number of nitro groups is 1. The van der Waals surface area contributed by atoms with Crippen molar-refractivity contribution < 1.29 is 27.6 Å². The lowest BCUT2D eigenvalue weighted by Crippen LogP contribution is -2.19. The first-order valence-electron chi connectivity index (χ1n) is 4.32. The molecule has 0 bridgehead atoms. The lowest BCUT2D eigenvalue weighted by molar-refractivity contribution is -0.389. The number of nitrogens with zero attached hydrogens (tertiary/aromatic N) is 2. The van der Waals surface area contributed by atoms with E-state index in [-0.39, 0.29) is 16.8 Å². The van der Waals surface area contributed by atoms with Crippen LogP contribution in [0.5, 0.6) is 11.8 Å². The van der Waals surface area contributed by atoms with Gasteiger partial charge in [-0.3, -0.25) is 10.1 Å². The molecule has 0 aliphatic heterocycles. The molecule has 1 aromatic heterocycles. The third-order valence-corrected chi connectivity index (χ3v) is 2.37. The van der Waals surface area contributed by atoms with Crippen molar-refractivity contribution in [1.29, 1.82) is 0 Å². The second kappa shape index (κ2) is 5.38. The van der Waals surface area contributed by atoms with Gasteiger partial charge in [-0.2, -0.15) is 4.98 Å². The molecule has 18 heavy (non-hydrogen) atoms. The van der Waals surface area contributed by atoms with Crippen LogP contribution >= 0.6 is 15.9 Å². The van der Waals surface area contributed by atoms with E-state index in [0.29, 0.717) is 0 Å². The average Bonchev–Trinajstić information content (AvgIpc) is 2.25. The van der Waals surface area contributed by atoms with Crippen molar-refractivity contribution in [2.45, 2.75) is 11.7 Å². The number of pyridine rings is 1. The monoisotopic (exact) mass is 330 g/mol. The highest BCUT2D eigenvalue weighted by atomic mass is 79.9. The molecule has 0 aromatic carbocycles. The SMILES string of the molecule is COc1cc(CBr)c([N+](=O)[O-])c(OC(F)(F)F)n1. The molecule has 0 saturated heterocycles. The molecule has 0 atom stereocenters. The third-order valence-electron chi connectivity index (χ3n) is 1.76. The van der Waals surface area contributed by atoms with E-state index in [0.717, 1.165) is 6.07 Å². The van der Waals surface area contributed by atoms with Crippen molar-refractivity contribution in [3.63, 3.8) is 0 Å². The number of hydrogen-bond acceptors (Lipinski definition) is 5. The fraction of sp³-hybridized carbons (Fsp3) is 0.375. The van der Waals surface area contributed by atoms with E-state index in [1.165, 1.54) is 7.11 Å². The van der Waals surface area contributed by atoms with Crippen LogP contribution in [0.3, 0.4) is 0 Å². The number of alkyl halides is 4. The zero-order chi connectivity index (χ0) is 13.9. The second-order valence-electron chi connectivity index (χ2n) is 2.92. The first-order chi connectivity index (χ1) is 8.28. The van der Waals surface area contributed by atoms with Crippen molar-refractivity contribution in [2.75, 3.05) is 7.11 Å². The molecule has 0 unspecified atom stereocenters. The van der Waals surface area contributed by atoms with Gasteiger partial charge in [0, 0.05) is 11.4 Å². The predicted octanol–water partition coefficient (Wildman–Crippen LogP) is 2.79. The molecule has 0 fully saturated rings. The first-order valence-corrected chi connectivity index (χ1v) is 5.44. The van der Waals surface area contributed by atoms with Gasteiger partial charge in [0.05, 0.1) is 17.6 Å². The molecule has 0 spiro atoms. The van der Waals surface area contributed by atoms with Gasteiger partial charge in [0.1, 0.15) is 0 Å². The summed E-state index contributed by atoms with van der Waals surface area (Å²) in [5.74, 6) is -1.37. The molecule has 0 saturated carbocycles. The third kappa shape index (κ3) is 3.45. The van der Waals surface area contributed by atoms with Gasteiger partial charge >= 0.3 is 17.9 Å². The van der Waals surface area contributed by atoms with Gasteiger partial charge in [0.15, 0.2) is 0 Å². The average molecular weight is 331 g/mol. The molecule has 0 aliphatic carbocycles. The van der Waals surface area contributed by atoms with Gasteiger partial charge in [-0.15, -0.1) is 13.2 Å².